The number of carbonyl (C=O) groups is 1. The summed E-state index contributed by atoms with van der Waals surface area (Å²) in [6, 6.07) is 15.1. The molecule has 0 unspecified atom stereocenters. The van der Waals surface area contributed by atoms with E-state index < -0.39 is 22.5 Å². The number of carbonyl (C=O) groups excluding carboxylic acids is 1. The normalized spacial score (nSPS) is 11.8. The van der Waals surface area contributed by atoms with Crippen molar-refractivity contribution in [1.82, 2.24) is 10.1 Å². The fourth-order valence-corrected chi connectivity index (χ4v) is 3.04. The summed E-state index contributed by atoms with van der Waals surface area (Å²) < 4.78 is 31.5. The zero-order valence-electron chi connectivity index (χ0n) is 13.9. The Balaban J connectivity index is 1.96. The molecule has 7 nitrogen and oxygen atoms in total. The Morgan fingerprint density at radius 1 is 1.08 bits per heavy atom. The van der Waals surface area contributed by atoms with Gasteiger partial charge in [-0.1, -0.05) is 30.3 Å². The molecule has 2 rings (SSSR count). The van der Waals surface area contributed by atoms with Crippen LogP contribution in [0.15, 0.2) is 64.6 Å². The number of rotatable bonds is 7. The van der Waals surface area contributed by atoms with E-state index in [-0.39, 0.29) is 4.90 Å². The number of methoxy groups -OCH3 is 1. The van der Waals surface area contributed by atoms with E-state index in [1.165, 1.54) is 12.1 Å². The van der Waals surface area contributed by atoms with Crippen molar-refractivity contribution in [2.75, 3.05) is 13.7 Å². The van der Waals surface area contributed by atoms with Gasteiger partial charge in [0.05, 0.1) is 24.3 Å². The fraction of sp³-hybridized carbons (Fsp3) is 0.176. The Morgan fingerprint density at radius 2 is 1.72 bits per heavy atom. The van der Waals surface area contributed by atoms with Gasteiger partial charge in [-0.25, -0.2) is 18.6 Å². The summed E-state index contributed by atoms with van der Waals surface area (Å²) in [7, 11) is -2.19. The van der Waals surface area contributed by atoms with E-state index in [9.17, 15) is 13.2 Å². The summed E-state index contributed by atoms with van der Waals surface area (Å²) in [5.74, 6) is 0.0523. The van der Waals surface area contributed by atoms with E-state index in [2.05, 4.69) is 15.2 Å². The minimum atomic E-state index is -3.74. The van der Waals surface area contributed by atoms with Crippen LogP contribution in [0.25, 0.3) is 0 Å². The second-order valence-corrected chi connectivity index (χ2v) is 6.84. The lowest BCUT2D eigenvalue weighted by Crippen LogP contribution is -2.35. The third kappa shape index (κ3) is 5.13. The number of hydrogen-bond acceptors (Lipinski definition) is 5. The van der Waals surface area contributed by atoms with Crippen molar-refractivity contribution in [2.45, 2.75) is 11.8 Å². The van der Waals surface area contributed by atoms with Gasteiger partial charge in [0.2, 0.25) is 10.0 Å². The lowest BCUT2D eigenvalue weighted by atomic mass is 10.1. The zero-order valence-corrected chi connectivity index (χ0v) is 14.7. The van der Waals surface area contributed by atoms with Crippen LogP contribution in [0.4, 0.5) is 0 Å². The van der Waals surface area contributed by atoms with E-state index in [0.29, 0.717) is 11.5 Å². The monoisotopic (exact) mass is 361 g/mol. The molecule has 2 N–H and O–H groups in total. The van der Waals surface area contributed by atoms with Crippen LogP contribution in [-0.2, 0) is 14.8 Å². The van der Waals surface area contributed by atoms with Crippen LogP contribution in [0, 0.1) is 0 Å². The van der Waals surface area contributed by atoms with Gasteiger partial charge in [0.15, 0.2) is 0 Å². The molecule has 0 aromatic heterocycles. The first-order valence-electron chi connectivity index (χ1n) is 7.45. The first-order chi connectivity index (χ1) is 11.9. The van der Waals surface area contributed by atoms with Gasteiger partial charge in [0.1, 0.15) is 5.75 Å². The quantitative estimate of drug-likeness (QED) is 0.577. The summed E-state index contributed by atoms with van der Waals surface area (Å²) in [5.41, 5.74) is 3.59. The maximum absolute atomic E-state index is 12.0. The van der Waals surface area contributed by atoms with E-state index in [4.69, 9.17) is 4.74 Å². The smallest absolute Gasteiger partial charge is 0.255 e. The lowest BCUT2D eigenvalue weighted by Gasteiger charge is -2.08. The molecule has 2 aromatic carbocycles. The zero-order chi connectivity index (χ0) is 18.3. The van der Waals surface area contributed by atoms with Crippen molar-refractivity contribution >= 4 is 21.6 Å². The number of para-hydroxylation sites is 1. The molecule has 0 aliphatic heterocycles. The van der Waals surface area contributed by atoms with E-state index in [0.717, 1.165) is 5.56 Å². The summed E-state index contributed by atoms with van der Waals surface area (Å²) in [5, 5.41) is 3.98. The van der Waals surface area contributed by atoms with Crippen molar-refractivity contribution < 1.29 is 17.9 Å². The summed E-state index contributed by atoms with van der Waals surface area (Å²) in [4.78, 5) is 11.9. The van der Waals surface area contributed by atoms with Crippen LogP contribution in [0.5, 0.6) is 5.75 Å². The fourth-order valence-electron chi connectivity index (χ4n) is 2.03. The number of nitrogens with zero attached hydrogens (tertiary/aromatic N) is 1. The van der Waals surface area contributed by atoms with Gasteiger partial charge in [-0.3, -0.25) is 4.79 Å². The van der Waals surface area contributed by atoms with Gasteiger partial charge in [-0.2, -0.15) is 5.10 Å². The predicted molar refractivity (Wildman–Crippen MR) is 95.0 cm³/mol. The molecule has 0 fully saturated rings. The standard InChI is InChI=1S/C17H19N3O4S/c1-13(15-10-6-7-11-16(15)24-2)19-20-17(21)12-18-25(22,23)14-8-4-3-5-9-14/h3-11,18H,12H2,1-2H3,(H,20,21)/b19-13-. The Hall–Kier alpha value is -2.71. The van der Waals surface area contributed by atoms with Crippen LogP contribution < -0.4 is 14.9 Å². The van der Waals surface area contributed by atoms with Gasteiger partial charge < -0.3 is 4.74 Å². The number of hydrogen-bond donors (Lipinski definition) is 2. The number of sulfonamides is 1. The maximum atomic E-state index is 12.0. The Morgan fingerprint density at radius 3 is 2.40 bits per heavy atom. The highest BCUT2D eigenvalue weighted by Crippen LogP contribution is 2.17. The van der Waals surface area contributed by atoms with Gasteiger partial charge in [-0.15, -0.1) is 0 Å². The number of hydrazone groups is 1. The predicted octanol–water partition coefficient (Wildman–Crippen LogP) is 1.51. The highest BCUT2D eigenvalue weighted by atomic mass is 32.2. The molecule has 0 saturated carbocycles. The second-order valence-electron chi connectivity index (χ2n) is 5.07. The SMILES string of the molecule is COc1ccccc1/C(C)=N\NC(=O)CNS(=O)(=O)c1ccccc1. The minimum absolute atomic E-state index is 0.0940. The average molecular weight is 361 g/mol. The second kappa shape index (κ2) is 8.41. The Bertz CT molecular complexity index is 864. The molecule has 2 aromatic rings. The number of nitrogens with one attached hydrogen (secondary N) is 2. The molecular weight excluding hydrogens is 342 g/mol. The molecule has 0 radical (unpaired) electrons. The number of amides is 1. The minimum Gasteiger partial charge on any atom is -0.496 e. The van der Waals surface area contributed by atoms with Crippen molar-refractivity contribution in [3.8, 4) is 5.75 Å². The Labute approximate surface area is 146 Å². The maximum Gasteiger partial charge on any atom is 0.255 e. The molecular formula is C17H19N3O4S. The largest absolute Gasteiger partial charge is 0.496 e. The molecule has 0 spiro atoms. The highest BCUT2D eigenvalue weighted by Gasteiger charge is 2.14. The summed E-state index contributed by atoms with van der Waals surface area (Å²) in [6.07, 6.45) is 0. The van der Waals surface area contributed by atoms with Crippen molar-refractivity contribution in [2.24, 2.45) is 5.10 Å². The molecule has 8 heteroatoms. The average Bonchev–Trinajstić information content (AvgIpc) is 2.65. The Kier molecular flexibility index (Phi) is 6.26. The third-order valence-corrected chi connectivity index (χ3v) is 4.74. The van der Waals surface area contributed by atoms with E-state index >= 15 is 0 Å². The van der Waals surface area contributed by atoms with Gasteiger partial charge in [0.25, 0.3) is 5.91 Å². The first kappa shape index (κ1) is 18.6. The summed E-state index contributed by atoms with van der Waals surface area (Å²) >= 11 is 0. The van der Waals surface area contributed by atoms with Crippen LogP contribution >= 0.6 is 0 Å². The van der Waals surface area contributed by atoms with Crippen molar-refractivity contribution in [1.29, 1.82) is 0 Å². The van der Waals surface area contributed by atoms with Crippen LogP contribution in [0.2, 0.25) is 0 Å². The molecule has 0 saturated heterocycles. The first-order valence-corrected chi connectivity index (χ1v) is 8.93. The van der Waals surface area contributed by atoms with Gasteiger partial charge in [0, 0.05) is 5.56 Å². The molecule has 0 aliphatic carbocycles. The van der Waals surface area contributed by atoms with Crippen LogP contribution in [0.3, 0.4) is 0 Å². The summed E-state index contributed by atoms with van der Waals surface area (Å²) in [6.45, 7) is 1.30. The van der Waals surface area contributed by atoms with E-state index in [1.54, 1.807) is 38.3 Å². The molecule has 0 aliphatic rings. The molecule has 1 amide bonds. The van der Waals surface area contributed by atoms with Gasteiger partial charge >= 0.3 is 0 Å². The van der Waals surface area contributed by atoms with E-state index in [1.807, 2.05) is 18.2 Å². The molecule has 132 valence electrons. The van der Waals surface area contributed by atoms with Crippen LogP contribution in [-0.4, -0.2) is 33.7 Å². The van der Waals surface area contributed by atoms with Crippen LogP contribution in [0.1, 0.15) is 12.5 Å². The number of benzene rings is 2. The topological polar surface area (TPSA) is 96.9 Å². The molecule has 25 heavy (non-hydrogen) atoms. The van der Waals surface area contributed by atoms with Crippen molar-refractivity contribution in [3.05, 3.63) is 60.2 Å². The molecule has 0 heterocycles. The van der Waals surface area contributed by atoms with Gasteiger partial charge in [-0.05, 0) is 31.2 Å². The molecule has 0 bridgehead atoms. The number of ether oxygens (including phenoxy) is 1. The third-order valence-electron chi connectivity index (χ3n) is 3.32. The molecule has 0 atom stereocenters. The highest BCUT2D eigenvalue weighted by molar-refractivity contribution is 7.89. The lowest BCUT2D eigenvalue weighted by molar-refractivity contribution is -0.119. The van der Waals surface area contributed by atoms with Crippen molar-refractivity contribution in [3.63, 3.8) is 0 Å².